The van der Waals surface area contributed by atoms with Crippen LogP contribution in [0.25, 0.3) is 0 Å². The average molecular weight is 619 g/mol. The van der Waals surface area contributed by atoms with Gasteiger partial charge in [-0.2, -0.15) is 0 Å². The Morgan fingerprint density at radius 3 is 1.61 bits per heavy atom. The highest BCUT2D eigenvalue weighted by atomic mass is 16.6. The zero-order valence-electron chi connectivity index (χ0n) is 22.6. The molecule has 0 spiro atoms. The molecule has 1 saturated heterocycles. The molecule has 0 aliphatic carbocycles. The molecule has 4 atom stereocenters. The van der Waals surface area contributed by atoms with Crippen molar-refractivity contribution < 1.29 is 79.3 Å². The minimum atomic E-state index is -1.85. The van der Waals surface area contributed by atoms with E-state index in [0.29, 0.717) is 0 Å². The first-order valence-electron chi connectivity index (χ1n) is 12.6. The van der Waals surface area contributed by atoms with E-state index in [-0.39, 0.29) is 16.7 Å². The normalized spacial score (nSPS) is 19.6. The van der Waals surface area contributed by atoms with Gasteiger partial charge in [0, 0.05) is 0 Å². The van der Waals surface area contributed by atoms with Crippen molar-refractivity contribution in [3.8, 4) is 46.0 Å². The minimum Gasteiger partial charge on any atom is -0.504 e. The summed E-state index contributed by atoms with van der Waals surface area (Å²) in [6, 6.07) is 5.24. The van der Waals surface area contributed by atoms with E-state index in [1.54, 1.807) is 0 Å². The van der Waals surface area contributed by atoms with E-state index in [1.807, 2.05) is 0 Å². The van der Waals surface area contributed by atoms with Gasteiger partial charge in [-0.3, -0.25) is 0 Å². The first-order chi connectivity index (χ1) is 20.7. The fourth-order valence-corrected chi connectivity index (χ4v) is 4.20. The summed E-state index contributed by atoms with van der Waals surface area (Å²) in [5.41, 5.74) is -0.945. The summed E-state index contributed by atoms with van der Waals surface area (Å²) in [6.07, 6.45) is -6.51. The highest BCUT2D eigenvalue weighted by molar-refractivity contribution is 5.92. The third kappa shape index (κ3) is 6.40. The predicted octanol–water partition coefficient (Wildman–Crippen LogP) is 1.01. The summed E-state index contributed by atoms with van der Waals surface area (Å²) in [7, 11) is 0. The fourth-order valence-electron chi connectivity index (χ4n) is 4.20. The SMILES string of the molecule is Cc1cc(C(=O)OC2COC(COC(=O)c3cc(O)c(O)c(O)c3)C(O)C2OC(=O)c2cc(O)c(O)c(O)c2)cc(O)c1O. The van der Waals surface area contributed by atoms with E-state index >= 15 is 0 Å². The van der Waals surface area contributed by atoms with Crippen molar-refractivity contribution in [3.05, 3.63) is 58.7 Å². The number of aliphatic hydroxyl groups is 1. The molecule has 0 saturated carbocycles. The molecule has 1 fully saturated rings. The van der Waals surface area contributed by atoms with Crippen LogP contribution in [0.1, 0.15) is 36.6 Å². The Morgan fingerprint density at radius 2 is 1.11 bits per heavy atom. The van der Waals surface area contributed by atoms with Gasteiger partial charge in [0.05, 0.1) is 23.3 Å². The number of benzene rings is 3. The van der Waals surface area contributed by atoms with Gasteiger partial charge in [-0.1, -0.05) is 0 Å². The summed E-state index contributed by atoms with van der Waals surface area (Å²) >= 11 is 0. The lowest BCUT2D eigenvalue weighted by Gasteiger charge is -2.38. The number of hydrogen-bond donors (Lipinski definition) is 9. The summed E-state index contributed by atoms with van der Waals surface area (Å²) < 4.78 is 21.3. The lowest BCUT2D eigenvalue weighted by molar-refractivity contribution is -0.196. The number of aromatic hydroxyl groups is 8. The minimum absolute atomic E-state index is 0.129. The molecule has 16 heteroatoms. The van der Waals surface area contributed by atoms with Crippen LogP contribution in [0.4, 0.5) is 0 Å². The molecule has 1 aliphatic rings. The molecule has 4 rings (SSSR count). The number of carbonyl (C=O) groups excluding carboxylic acids is 3. The van der Waals surface area contributed by atoms with Crippen LogP contribution in [-0.4, -0.2) is 101 Å². The van der Waals surface area contributed by atoms with Crippen LogP contribution in [0.2, 0.25) is 0 Å². The van der Waals surface area contributed by atoms with Crippen LogP contribution in [0, 0.1) is 6.92 Å². The number of aryl methyl sites for hydroxylation is 1. The Hall–Kier alpha value is -5.61. The smallest absolute Gasteiger partial charge is 0.338 e. The lowest BCUT2D eigenvalue weighted by atomic mass is 9.99. The lowest BCUT2D eigenvalue weighted by Crippen LogP contribution is -2.57. The molecule has 234 valence electrons. The Morgan fingerprint density at radius 1 is 0.682 bits per heavy atom. The molecular formula is C28H26O16. The Balaban J connectivity index is 1.56. The Bertz CT molecular complexity index is 1550. The van der Waals surface area contributed by atoms with E-state index in [1.165, 1.54) is 13.0 Å². The van der Waals surface area contributed by atoms with Crippen molar-refractivity contribution in [2.45, 2.75) is 31.3 Å². The fraction of sp³-hybridized carbons (Fsp3) is 0.250. The third-order valence-electron chi connectivity index (χ3n) is 6.57. The van der Waals surface area contributed by atoms with Crippen molar-refractivity contribution in [1.29, 1.82) is 0 Å². The molecule has 0 radical (unpaired) electrons. The largest absolute Gasteiger partial charge is 0.504 e. The van der Waals surface area contributed by atoms with Gasteiger partial charge in [0.15, 0.2) is 58.2 Å². The standard InChI is InChI=1S/C28H26O16/c1-10-2-11(3-14(29)21(10)34)27(39)43-20-9-41-19(8-42-26(38)12-4-15(30)22(35)16(31)5-12)24(37)25(20)44-28(40)13-6-17(32)23(36)18(33)7-13/h2-7,19-20,24-25,29-37H,8-9H2,1H3. The van der Waals surface area contributed by atoms with Gasteiger partial charge in [-0.15, -0.1) is 0 Å². The summed E-state index contributed by atoms with van der Waals surface area (Å²) in [6.45, 7) is 0.168. The summed E-state index contributed by atoms with van der Waals surface area (Å²) in [4.78, 5) is 38.3. The van der Waals surface area contributed by atoms with Gasteiger partial charge < -0.3 is 64.9 Å². The van der Waals surface area contributed by atoms with Gasteiger partial charge in [-0.05, 0) is 48.9 Å². The maximum Gasteiger partial charge on any atom is 0.338 e. The van der Waals surface area contributed by atoms with Crippen molar-refractivity contribution in [3.63, 3.8) is 0 Å². The quantitative estimate of drug-likeness (QED) is 0.101. The number of rotatable bonds is 7. The molecule has 16 nitrogen and oxygen atoms in total. The average Bonchev–Trinajstić information content (AvgIpc) is 2.97. The Kier molecular flexibility index (Phi) is 8.77. The van der Waals surface area contributed by atoms with E-state index < -0.39 is 107 Å². The van der Waals surface area contributed by atoms with Gasteiger partial charge in [-0.25, -0.2) is 14.4 Å². The molecule has 9 N–H and O–H groups in total. The molecule has 4 unspecified atom stereocenters. The van der Waals surface area contributed by atoms with Crippen molar-refractivity contribution in [1.82, 2.24) is 0 Å². The van der Waals surface area contributed by atoms with Crippen molar-refractivity contribution in [2.24, 2.45) is 0 Å². The Labute approximate surface area is 246 Å². The first-order valence-corrected chi connectivity index (χ1v) is 12.6. The monoisotopic (exact) mass is 618 g/mol. The molecule has 1 aliphatic heterocycles. The maximum absolute atomic E-state index is 12.9. The van der Waals surface area contributed by atoms with Crippen LogP contribution in [0.5, 0.6) is 46.0 Å². The second-order valence-electron chi connectivity index (χ2n) is 9.66. The highest BCUT2D eigenvalue weighted by Crippen LogP contribution is 2.37. The second-order valence-corrected chi connectivity index (χ2v) is 9.66. The van der Waals surface area contributed by atoms with Gasteiger partial charge >= 0.3 is 17.9 Å². The molecule has 0 amide bonds. The number of aliphatic hydroxyl groups excluding tert-OH is 1. The zero-order valence-corrected chi connectivity index (χ0v) is 22.6. The van der Waals surface area contributed by atoms with Crippen molar-refractivity contribution >= 4 is 17.9 Å². The molecular weight excluding hydrogens is 592 g/mol. The van der Waals surface area contributed by atoms with Crippen LogP contribution >= 0.6 is 0 Å². The third-order valence-corrected chi connectivity index (χ3v) is 6.57. The van der Waals surface area contributed by atoms with E-state index in [9.17, 15) is 60.3 Å². The summed E-state index contributed by atoms with van der Waals surface area (Å²) in [5.74, 6) is -9.70. The number of ether oxygens (including phenoxy) is 4. The van der Waals surface area contributed by atoms with Crippen LogP contribution in [0.3, 0.4) is 0 Å². The van der Waals surface area contributed by atoms with Crippen LogP contribution < -0.4 is 0 Å². The second kappa shape index (κ2) is 12.3. The molecule has 44 heavy (non-hydrogen) atoms. The number of carbonyl (C=O) groups is 3. The highest BCUT2D eigenvalue weighted by Gasteiger charge is 2.45. The van der Waals surface area contributed by atoms with Gasteiger partial charge in [0.1, 0.15) is 18.8 Å². The first kappa shape index (κ1) is 31.3. The van der Waals surface area contributed by atoms with Crippen LogP contribution in [0.15, 0.2) is 36.4 Å². The van der Waals surface area contributed by atoms with E-state index in [4.69, 9.17) is 18.9 Å². The zero-order chi connectivity index (χ0) is 32.5. The molecule has 3 aromatic rings. The van der Waals surface area contributed by atoms with E-state index in [0.717, 1.165) is 30.3 Å². The molecule has 0 aromatic heterocycles. The number of phenols is 8. The van der Waals surface area contributed by atoms with Gasteiger partial charge in [0.2, 0.25) is 0 Å². The molecule has 0 bridgehead atoms. The number of hydrogen-bond acceptors (Lipinski definition) is 16. The molecule has 3 aromatic carbocycles. The predicted molar refractivity (Wildman–Crippen MR) is 142 cm³/mol. The van der Waals surface area contributed by atoms with E-state index in [2.05, 4.69) is 0 Å². The summed E-state index contributed by atoms with van der Waals surface area (Å²) in [5, 5.41) is 88.5. The van der Waals surface area contributed by atoms with Crippen molar-refractivity contribution in [2.75, 3.05) is 13.2 Å². The molecule has 1 heterocycles. The van der Waals surface area contributed by atoms with Gasteiger partial charge in [0.25, 0.3) is 0 Å². The van der Waals surface area contributed by atoms with Crippen LogP contribution in [-0.2, 0) is 18.9 Å². The number of esters is 3. The topological polar surface area (TPSA) is 270 Å². The maximum atomic E-state index is 12.9. The number of phenolic OH excluding ortho intramolecular Hbond substituents is 8.